The highest BCUT2D eigenvalue weighted by Gasteiger charge is 2.14. The zero-order valence-electron chi connectivity index (χ0n) is 9.32. The molecule has 1 aliphatic heterocycles. The van der Waals surface area contributed by atoms with Gasteiger partial charge in [-0.25, -0.2) is 4.98 Å². The summed E-state index contributed by atoms with van der Waals surface area (Å²) in [6.45, 7) is 2.27. The lowest BCUT2D eigenvalue weighted by Gasteiger charge is -2.20. The van der Waals surface area contributed by atoms with Gasteiger partial charge in [-0.2, -0.15) is 0 Å². The molecule has 82 valence electrons. The summed E-state index contributed by atoms with van der Waals surface area (Å²) < 4.78 is 0. The number of aromatic nitrogens is 1. The maximum absolute atomic E-state index is 4.33. The Balaban J connectivity index is 1.79. The van der Waals surface area contributed by atoms with E-state index in [4.69, 9.17) is 0 Å². The lowest BCUT2D eigenvalue weighted by Crippen LogP contribution is -2.28. The molecule has 1 aromatic heterocycles. The molecule has 0 bridgehead atoms. The van der Waals surface area contributed by atoms with Gasteiger partial charge in [-0.1, -0.05) is 6.07 Å². The minimum Gasteiger partial charge on any atom is -0.360 e. The van der Waals surface area contributed by atoms with E-state index in [1.165, 1.54) is 25.8 Å². The van der Waals surface area contributed by atoms with Crippen molar-refractivity contribution in [1.82, 2.24) is 10.3 Å². The fourth-order valence-corrected chi connectivity index (χ4v) is 2.05. The summed E-state index contributed by atoms with van der Waals surface area (Å²) in [5.41, 5.74) is 0. The van der Waals surface area contributed by atoms with Crippen molar-refractivity contribution in [2.45, 2.75) is 25.3 Å². The minimum absolute atomic E-state index is 0.719. The molecule has 1 atom stereocenters. The molecule has 0 radical (unpaired) electrons. The summed E-state index contributed by atoms with van der Waals surface area (Å²) in [5, 5.41) is 3.52. The van der Waals surface area contributed by atoms with Crippen LogP contribution >= 0.6 is 0 Å². The fraction of sp³-hybridized carbons (Fsp3) is 0.583. The van der Waals surface area contributed by atoms with Crippen molar-refractivity contribution in [2.75, 3.05) is 25.0 Å². The summed E-state index contributed by atoms with van der Waals surface area (Å²) in [7, 11) is 2.11. The molecular formula is C12H19N3. The van der Waals surface area contributed by atoms with Gasteiger partial charge in [-0.05, 0) is 37.9 Å². The molecule has 0 amide bonds. The molecule has 0 aliphatic carbocycles. The van der Waals surface area contributed by atoms with Crippen molar-refractivity contribution in [3.63, 3.8) is 0 Å². The zero-order chi connectivity index (χ0) is 10.5. The first kappa shape index (κ1) is 10.4. The Hall–Kier alpha value is -1.09. The van der Waals surface area contributed by atoms with Crippen LogP contribution in [0.25, 0.3) is 0 Å². The topological polar surface area (TPSA) is 28.2 Å². The molecular weight excluding hydrogens is 186 g/mol. The Morgan fingerprint density at radius 2 is 2.47 bits per heavy atom. The predicted octanol–water partition coefficient (Wildman–Crippen LogP) is 1.66. The molecule has 2 rings (SSSR count). The van der Waals surface area contributed by atoms with E-state index in [2.05, 4.69) is 28.3 Å². The van der Waals surface area contributed by atoms with Crippen molar-refractivity contribution in [3.05, 3.63) is 24.4 Å². The second kappa shape index (κ2) is 5.12. The molecule has 0 spiro atoms. The Labute approximate surface area is 91.5 Å². The molecule has 15 heavy (non-hydrogen) atoms. The molecule has 1 unspecified atom stereocenters. The van der Waals surface area contributed by atoms with E-state index in [0.29, 0.717) is 0 Å². The van der Waals surface area contributed by atoms with E-state index in [-0.39, 0.29) is 0 Å². The smallest absolute Gasteiger partial charge is 0.128 e. The van der Waals surface area contributed by atoms with Gasteiger partial charge in [0, 0.05) is 25.8 Å². The maximum Gasteiger partial charge on any atom is 0.128 e. The number of anilines is 1. The van der Waals surface area contributed by atoms with E-state index in [9.17, 15) is 0 Å². The molecule has 1 aliphatic rings. The Morgan fingerprint density at radius 1 is 1.53 bits per heavy atom. The van der Waals surface area contributed by atoms with Crippen molar-refractivity contribution in [3.8, 4) is 0 Å². The molecule has 0 saturated carbocycles. The van der Waals surface area contributed by atoms with E-state index < -0.39 is 0 Å². The largest absolute Gasteiger partial charge is 0.360 e. The summed E-state index contributed by atoms with van der Waals surface area (Å²) in [6, 6.07) is 6.76. The van der Waals surface area contributed by atoms with E-state index >= 15 is 0 Å². The third-order valence-electron chi connectivity index (χ3n) is 3.02. The SMILES string of the molecule is CN(CCC1CCCN1)c1ccccn1. The summed E-state index contributed by atoms with van der Waals surface area (Å²) in [4.78, 5) is 6.55. The van der Waals surface area contributed by atoms with Crippen LogP contribution in [0.3, 0.4) is 0 Å². The highest BCUT2D eigenvalue weighted by molar-refractivity contribution is 5.36. The van der Waals surface area contributed by atoms with Crippen LogP contribution in [0.4, 0.5) is 5.82 Å². The summed E-state index contributed by atoms with van der Waals surface area (Å²) in [5.74, 6) is 1.07. The zero-order valence-corrected chi connectivity index (χ0v) is 9.32. The van der Waals surface area contributed by atoms with Gasteiger partial charge in [0.25, 0.3) is 0 Å². The maximum atomic E-state index is 4.33. The molecule has 3 heteroatoms. The molecule has 1 saturated heterocycles. The van der Waals surface area contributed by atoms with Crippen LogP contribution in [0.2, 0.25) is 0 Å². The quantitative estimate of drug-likeness (QED) is 0.810. The number of rotatable bonds is 4. The lowest BCUT2D eigenvalue weighted by atomic mass is 10.1. The number of pyridine rings is 1. The Bertz CT molecular complexity index is 280. The third-order valence-corrected chi connectivity index (χ3v) is 3.02. The van der Waals surface area contributed by atoms with Crippen molar-refractivity contribution in [1.29, 1.82) is 0 Å². The Morgan fingerprint density at radius 3 is 3.13 bits per heavy atom. The average molecular weight is 205 g/mol. The highest BCUT2D eigenvalue weighted by Crippen LogP contribution is 2.12. The van der Waals surface area contributed by atoms with Gasteiger partial charge in [0.1, 0.15) is 5.82 Å². The lowest BCUT2D eigenvalue weighted by molar-refractivity contribution is 0.558. The normalized spacial score (nSPS) is 20.5. The fourth-order valence-electron chi connectivity index (χ4n) is 2.05. The van der Waals surface area contributed by atoms with Crippen LogP contribution in [0, 0.1) is 0 Å². The van der Waals surface area contributed by atoms with Crippen molar-refractivity contribution in [2.24, 2.45) is 0 Å². The van der Waals surface area contributed by atoms with Crippen molar-refractivity contribution >= 4 is 5.82 Å². The van der Waals surface area contributed by atoms with Crippen LogP contribution < -0.4 is 10.2 Å². The van der Waals surface area contributed by atoms with E-state index in [1.807, 2.05) is 18.3 Å². The first-order valence-corrected chi connectivity index (χ1v) is 5.72. The minimum atomic E-state index is 0.719. The van der Waals surface area contributed by atoms with Gasteiger partial charge >= 0.3 is 0 Å². The van der Waals surface area contributed by atoms with Gasteiger partial charge in [-0.15, -0.1) is 0 Å². The van der Waals surface area contributed by atoms with Gasteiger partial charge in [0.05, 0.1) is 0 Å². The summed E-state index contributed by atoms with van der Waals surface area (Å²) in [6.07, 6.45) is 5.72. The second-order valence-corrected chi connectivity index (χ2v) is 4.19. The van der Waals surface area contributed by atoms with Gasteiger partial charge in [0.2, 0.25) is 0 Å². The predicted molar refractivity (Wildman–Crippen MR) is 63.1 cm³/mol. The van der Waals surface area contributed by atoms with E-state index in [0.717, 1.165) is 18.4 Å². The van der Waals surface area contributed by atoms with Gasteiger partial charge < -0.3 is 10.2 Å². The molecule has 3 nitrogen and oxygen atoms in total. The second-order valence-electron chi connectivity index (χ2n) is 4.19. The number of nitrogens with one attached hydrogen (secondary N) is 1. The highest BCUT2D eigenvalue weighted by atomic mass is 15.2. The van der Waals surface area contributed by atoms with Crippen LogP contribution in [0.1, 0.15) is 19.3 Å². The Kier molecular flexibility index (Phi) is 3.56. The van der Waals surface area contributed by atoms with Gasteiger partial charge in [-0.3, -0.25) is 0 Å². The molecule has 1 fully saturated rings. The first-order valence-electron chi connectivity index (χ1n) is 5.72. The van der Waals surface area contributed by atoms with E-state index in [1.54, 1.807) is 0 Å². The van der Waals surface area contributed by atoms with Crippen LogP contribution in [-0.4, -0.2) is 31.2 Å². The third kappa shape index (κ3) is 2.93. The molecule has 2 heterocycles. The van der Waals surface area contributed by atoms with Crippen LogP contribution in [-0.2, 0) is 0 Å². The summed E-state index contributed by atoms with van der Waals surface area (Å²) >= 11 is 0. The monoisotopic (exact) mass is 205 g/mol. The molecule has 1 aromatic rings. The molecule has 0 aromatic carbocycles. The van der Waals surface area contributed by atoms with Crippen LogP contribution in [0.15, 0.2) is 24.4 Å². The van der Waals surface area contributed by atoms with Crippen LogP contribution in [0.5, 0.6) is 0 Å². The number of nitrogens with zero attached hydrogens (tertiary/aromatic N) is 2. The van der Waals surface area contributed by atoms with Gasteiger partial charge in [0.15, 0.2) is 0 Å². The van der Waals surface area contributed by atoms with Crippen molar-refractivity contribution < 1.29 is 0 Å². The standard InChI is InChI=1S/C12H19N3/c1-15(12-6-2-3-8-14-12)10-7-11-5-4-9-13-11/h2-3,6,8,11,13H,4-5,7,9-10H2,1H3. The molecule has 1 N–H and O–H groups in total. The number of hydrogen-bond acceptors (Lipinski definition) is 3. The first-order chi connectivity index (χ1) is 7.36. The number of hydrogen-bond donors (Lipinski definition) is 1. The average Bonchev–Trinajstić information content (AvgIpc) is 2.80.